The lowest BCUT2D eigenvalue weighted by molar-refractivity contribution is -0.188. The highest BCUT2D eigenvalue weighted by Crippen LogP contribution is 2.40. The van der Waals surface area contributed by atoms with E-state index in [9.17, 15) is 17.6 Å². The van der Waals surface area contributed by atoms with E-state index in [1.807, 2.05) is 0 Å². The summed E-state index contributed by atoms with van der Waals surface area (Å²) in [5.74, 6) is -0.664. The Balaban J connectivity index is 2.39. The van der Waals surface area contributed by atoms with Gasteiger partial charge >= 0.3 is 6.18 Å². The molecule has 1 fully saturated rings. The number of benzene rings is 1. The van der Waals surface area contributed by atoms with Gasteiger partial charge in [0.15, 0.2) is 0 Å². The van der Waals surface area contributed by atoms with Crippen LogP contribution in [-0.4, -0.2) is 37.3 Å². The smallest absolute Gasteiger partial charge is 0.314 e. The molecule has 2 rings (SSSR count). The van der Waals surface area contributed by atoms with Crippen molar-refractivity contribution < 1.29 is 17.6 Å². The molecule has 1 aliphatic heterocycles. The van der Waals surface area contributed by atoms with E-state index in [0.29, 0.717) is 13.1 Å². The minimum absolute atomic E-state index is 0.0746. The van der Waals surface area contributed by atoms with Crippen molar-refractivity contribution in [2.75, 3.05) is 26.2 Å². The van der Waals surface area contributed by atoms with E-state index in [4.69, 9.17) is 0 Å². The Hall–Kier alpha value is -0.660. The Kier molecular flexibility index (Phi) is 4.47. The summed E-state index contributed by atoms with van der Waals surface area (Å²) >= 11 is 3.08. The van der Waals surface area contributed by atoms with Crippen LogP contribution in [0.25, 0.3) is 0 Å². The van der Waals surface area contributed by atoms with Crippen molar-refractivity contribution in [2.24, 2.45) is 0 Å². The Morgan fingerprint density at radius 2 is 1.84 bits per heavy atom. The SMILES string of the molecule is Fc1ccc(Br)c([C@H](N2CCNCC2)C(F)(F)F)c1. The van der Waals surface area contributed by atoms with Crippen LogP contribution >= 0.6 is 15.9 Å². The highest BCUT2D eigenvalue weighted by atomic mass is 79.9. The molecule has 1 saturated heterocycles. The molecule has 0 radical (unpaired) electrons. The van der Waals surface area contributed by atoms with Crippen molar-refractivity contribution in [3.8, 4) is 0 Å². The van der Waals surface area contributed by atoms with E-state index in [0.717, 1.165) is 12.1 Å². The zero-order valence-corrected chi connectivity index (χ0v) is 11.6. The van der Waals surface area contributed by atoms with Crippen molar-refractivity contribution in [3.63, 3.8) is 0 Å². The van der Waals surface area contributed by atoms with Crippen LogP contribution in [0.1, 0.15) is 11.6 Å². The van der Waals surface area contributed by atoms with Crippen LogP contribution in [0, 0.1) is 5.82 Å². The zero-order chi connectivity index (χ0) is 14.0. The predicted molar refractivity (Wildman–Crippen MR) is 67.3 cm³/mol. The summed E-state index contributed by atoms with van der Waals surface area (Å²) in [5.41, 5.74) is -0.0746. The second-order valence-corrected chi connectivity index (χ2v) is 5.25. The maximum absolute atomic E-state index is 13.3. The van der Waals surface area contributed by atoms with Gasteiger partial charge in [-0.25, -0.2) is 4.39 Å². The van der Waals surface area contributed by atoms with Crippen molar-refractivity contribution in [1.29, 1.82) is 0 Å². The number of nitrogens with one attached hydrogen (secondary N) is 1. The molecule has 7 heteroatoms. The molecule has 1 aromatic carbocycles. The summed E-state index contributed by atoms with van der Waals surface area (Å²) in [6.07, 6.45) is -4.44. The molecule has 0 aromatic heterocycles. The lowest BCUT2D eigenvalue weighted by Gasteiger charge is -2.36. The molecule has 0 bridgehead atoms. The van der Waals surface area contributed by atoms with Gasteiger partial charge in [0.05, 0.1) is 0 Å². The largest absolute Gasteiger partial charge is 0.408 e. The van der Waals surface area contributed by atoms with Gasteiger partial charge in [0.25, 0.3) is 0 Å². The van der Waals surface area contributed by atoms with Crippen LogP contribution in [0.15, 0.2) is 22.7 Å². The number of halogens is 5. The van der Waals surface area contributed by atoms with Crippen molar-refractivity contribution in [2.45, 2.75) is 12.2 Å². The van der Waals surface area contributed by atoms with Crippen molar-refractivity contribution in [3.05, 3.63) is 34.1 Å². The molecule has 2 nitrogen and oxygen atoms in total. The van der Waals surface area contributed by atoms with E-state index in [2.05, 4.69) is 21.2 Å². The van der Waals surface area contributed by atoms with Crippen LogP contribution in [0.3, 0.4) is 0 Å². The second kappa shape index (κ2) is 5.76. The third kappa shape index (κ3) is 3.46. The van der Waals surface area contributed by atoms with Crippen molar-refractivity contribution >= 4 is 15.9 Å². The Labute approximate surface area is 116 Å². The Morgan fingerprint density at radius 3 is 2.42 bits per heavy atom. The van der Waals surface area contributed by atoms with E-state index in [-0.39, 0.29) is 23.1 Å². The van der Waals surface area contributed by atoms with Gasteiger partial charge in [-0.1, -0.05) is 15.9 Å². The number of hydrogen-bond acceptors (Lipinski definition) is 2. The Morgan fingerprint density at radius 1 is 1.21 bits per heavy atom. The van der Waals surface area contributed by atoms with Gasteiger partial charge in [-0.15, -0.1) is 0 Å². The normalized spacial score (nSPS) is 19.4. The molecule has 1 N–H and O–H groups in total. The second-order valence-electron chi connectivity index (χ2n) is 4.40. The zero-order valence-electron chi connectivity index (χ0n) is 9.97. The number of piperazine rings is 1. The highest BCUT2D eigenvalue weighted by Gasteiger charge is 2.45. The Bertz CT molecular complexity index is 444. The first-order valence-electron chi connectivity index (χ1n) is 5.86. The third-order valence-electron chi connectivity index (χ3n) is 3.08. The average Bonchev–Trinajstić information content (AvgIpc) is 2.33. The maximum atomic E-state index is 13.3. The van der Waals surface area contributed by atoms with Gasteiger partial charge in [-0.05, 0) is 23.8 Å². The summed E-state index contributed by atoms with van der Waals surface area (Å²) in [6, 6.07) is 1.62. The molecule has 1 heterocycles. The van der Waals surface area contributed by atoms with Gasteiger partial charge in [-0.3, -0.25) is 4.90 Å². The highest BCUT2D eigenvalue weighted by molar-refractivity contribution is 9.10. The third-order valence-corrected chi connectivity index (χ3v) is 3.80. The molecular formula is C12H13BrF4N2. The molecular weight excluding hydrogens is 328 g/mol. The number of alkyl halides is 3. The van der Waals surface area contributed by atoms with E-state index in [1.165, 1.54) is 11.0 Å². The molecule has 0 saturated carbocycles. The summed E-state index contributed by atoms with van der Waals surface area (Å²) < 4.78 is 53.4. The van der Waals surface area contributed by atoms with Gasteiger partial charge < -0.3 is 5.32 Å². The molecule has 0 unspecified atom stereocenters. The number of rotatable bonds is 2. The van der Waals surface area contributed by atoms with Crippen LogP contribution in [0.5, 0.6) is 0 Å². The van der Waals surface area contributed by atoms with Gasteiger partial charge in [0, 0.05) is 30.7 Å². The molecule has 106 valence electrons. The quantitative estimate of drug-likeness (QED) is 0.832. The molecule has 0 spiro atoms. The van der Waals surface area contributed by atoms with Crippen LogP contribution in [0.2, 0.25) is 0 Å². The minimum Gasteiger partial charge on any atom is -0.314 e. The fourth-order valence-electron chi connectivity index (χ4n) is 2.24. The summed E-state index contributed by atoms with van der Waals surface area (Å²) in [4.78, 5) is 1.33. The fourth-order valence-corrected chi connectivity index (χ4v) is 2.71. The monoisotopic (exact) mass is 340 g/mol. The molecule has 1 aromatic rings. The molecule has 1 aliphatic rings. The van der Waals surface area contributed by atoms with E-state index < -0.39 is 18.0 Å². The molecule has 19 heavy (non-hydrogen) atoms. The van der Waals surface area contributed by atoms with E-state index in [1.54, 1.807) is 0 Å². The van der Waals surface area contributed by atoms with Crippen LogP contribution < -0.4 is 5.32 Å². The summed E-state index contributed by atoms with van der Waals surface area (Å²) in [7, 11) is 0. The van der Waals surface area contributed by atoms with Crippen LogP contribution in [-0.2, 0) is 0 Å². The number of nitrogens with zero attached hydrogens (tertiary/aromatic N) is 1. The van der Waals surface area contributed by atoms with Crippen LogP contribution in [0.4, 0.5) is 17.6 Å². The number of hydrogen-bond donors (Lipinski definition) is 1. The average molecular weight is 341 g/mol. The molecule has 0 aliphatic carbocycles. The minimum atomic E-state index is -4.44. The first-order chi connectivity index (χ1) is 8.89. The predicted octanol–water partition coefficient (Wildman–Crippen LogP) is 3.10. The lowest BCUT2D eigenvalue weighted by Crippen LogP contribution is -2.49. The topological polar surface area (TPSA) is 15.3 Å². The molecule has 1 atom stereocenters. The molecule has 0 amide bonds. The first kappa shape index (κ1) is 14.7. The maximum Gasteiger partial charge on any atom is 0.408 e. The van der Waals surface area contributed by atoms with Gasteiger partial charge in [0.1, 0.15) is 11.9 Å². The standard InChI is InChI=1S/C12H13BrF4N2/c13-10-2-1-8(14)7-9(10)11(12(15,16)17)19-5-3-18-4-6-19/h1-2,7,11,18H,3-6H2/t11-/m0/s1. The first-order valence-corrected chi connectivity index (χ1v) is 6.65. The van der Waals surface area contributed by atoms with E-state index >= 15 is 0 Å². The van der Waals surface area contributed by atoms with Gasteiger partial charge in [-0.2, -0.15) is 13.2 Å². The lowest BCUT2D eigenvalue weighted by atomic mass is 10.0. The summed E-state index contributed by atoms with van der Waals surface area (Å²) in [6.45, 7) is 1.57. The fraction of sp³-hybridized carbons (Fsp3) is 0.500. The summed E-state index contributed by atoms with van der Waals surface area (Å²) in [5, 5.41) is 3.00. The van der Waals surface area contributed by atoms with Gasteiger partial charge in [0.2, 0.25) is 0 Å². The van der Waals surface area contributed by atoms with Crippen molar-refractivity contribution in [1.82, 2.24) is 10.2 Å².